The van der Waals surface area contributed by atoms with E-state index in [1.807, 2.05) is 19.1 Å². The Kier molecular flexibility index (Phi) is 4.80. The third-order valence-corrected chi connectivity index (χ3v) is 5.82. The van der Waals surface area contributed by atoms with E-state index in [2.05, 4.69) is 10.4 Å². The summed E-state index contributed by atoms with van der Waals surface area (Å²) < 4.78 is 30.4. The van der Waals surface area contributed by atoms with Crippen molar-refractivity contribution in [2.24, 2.45) is 0 Å². The van der Waals surface area contributed by atoms with Gasteiger partial charge in [0, 0.05) is 6.07 Å². The summed E-state index contributed by atoms with van der Waals surface area (Å²) in [5.74, 6) is 1.00. The summed E-state index contributed by atoms with van der Waals surface area (Å²) in [6.45, 7) is 3.65. The van der Waals surface area contributed by atoms with E-state index in [9.17, 15) is 13.2 Å². The molecule has 0 saturated carbocycles. The summed E-state index contributed by atoms with van der Waals surface area (Å²) in [5, 5.41) is 7.09. The molecule has 0 spiro atoms. The van der Waals surface area contributed by atoms with Crippen molar-refractivity contribution in [3.63, 3.8) is 0 Å². The first kappa shape index (κ1) is 17.5. The van der Waals surface area contributed by atoms with Gasteiger partial charge in [-0.2, -0.15) is 5.10 Å². The van der Waals surface area contributed by atoms with Gasteiger partial charge in [0.2, 0.25) is 0 Å². The molecule has 0 bridgehead atoms. The molecule has 25 heavy (non-hydrogen) atoms. The lowest BCUT2D eigenvalue weighted by Gasteiger charge is -2.14. The van der Waals surface area contributed by atoms with E-state index < -0.39 is 9.84 Å². The van der Waals surface area contributed by atoms with Crippen LogP contribution in [0.5, 0.6) is 5.75 Å². The van der Waals surface area contributed by atoms with Gasteiger partial charge in [0.05, 0.1) is 23.2 Å². The van der Waals surface area contributed by atoms with Crippen LogP contribution in [0.1, 0.15) is 23.7 Å². The number of sulfone groups is 1. The first-order valence-corrected chi connectivity index (χ1v) is 9.90. The largest absolute Gasteiger partial charge is 0.484 e. The first-order valence-electron chi connectivity index (χ1n) is 8.08. The second kappa shape index (κ2) is 6.87. The van der Waals surface area contributed by atoms with Crippen molar-refractivity contribution in [1.82, 2.24) is 9.78 Å². The maximum Gasteiger partial charge on any atom is 0.263 e. The molecule has 1 unspecified atom stereocenters. The molecule has 134 valence electrons. The number of carbonyl (C=O) groups excluding carboxylic acids is 1. The molecule has 0 aliphatic carbocycles. The molecule has 1 aliphatic rings. The summed E-state index contributed by atoms with van der Waals surface area (Å²) in [6, 6.07) is 8.92. The van der Waals surface area contributed by atoms with E-state index in [4.69, 9.17) is 4.74 Å². The van der Waals surface area contributed by atoms with Crippen molar-refractivity contribution >= 4 is 21.6 Å². The maximum atomic E-state index is 12.2. The zero-order chi connectivity index (χ0) is 18.0. The van der Waals surface area contributed by atoms with Crippen LogP contribution in [0.3, 0.4) is 0 Å². The molecule has 1 saturated heterocycles. The van der Waals surface area contributed by atoms with Crippen LogP contribution >= 0.6 is 0 Å². The zero-order valence-corrected chi connectivity index (χ0v) is 15.0. The predicted octanol–water partition coefficient (Wildman–Crippen LogP) is 1.88. The van der Waals surface area contributed by atoms with E-state index in [0.717, 1.165) is 11.3 Å². The lowest BCUT2D eigenvalue weighted by atomic mass is 10.2. The van der Waals surface area contributed by atoms with E-state index in [1.165, 1.54) is 0 Å². The number of aryl methyl sites for hydroxylation is 2. The maximum absolute atomic E-state index is 12.2. The quantitative estimate of drug-likeness (QED) is 0.876. The Labute approximate surface area is 146 Å². The van der Waals surface area contributed by atoms with Gasteiger partial charge < -0.3 is 10.1 Å². The molecule has 1 aromatic carbocycles. The highest BCUT2D eigenvalue weighted by molar-refractivity contribution is 7.91. The van der Waals surface area contributed by atoms with Crippen LogP contribution in [0.4, 0.5) is 5.82 Å². The number of benzene rings is 1. The molecule has 7 nitrogen and oxygen atoms in total. The molecule has 1 N–H and O–H groups in total. The summed E-state index contributed by atoms with van der Waals surface area (Å²) in [4.78, 5) is 12.2. The normalized spacial score (nSPS) is 18.9. The van der Waals surface area contributed by atoms with Crippen molar-refractivity contribution in [2.75, 3.05) is 23.4 Å². The number of hydrogen-bond acceptors (Lipinski definition) is 5. The van der Waals surface area contributed by atoms with Gasteiger partial charge in [-0.3, -0.25) is 4.79 Å². The van der Waals surface area contributed by atoms with E-state index >= 15 is 0 Å². The van der Waals surface area contributed by atoms with Crippen molar-refractivity contribution in [3.05, 3.63) is 41.6 Å². The molecule has 1 fully saturated rings. The molecule has 1 aromatic heterocycles. The molecule has 2 aromatic rings. The van der Waals surface area contributed by atoms with Crippen LogP contribution in [0, 0.1) is 13.8 Å². The van der Waals surface area contributed by atoms with Crippen molar-refractivity contribution in [2.45, 2.75) is 26.3 Å². The van der Waals surface area contributed by atoms with Gasteiger partial charge in [0.25, 0.3) is 5.91 Å². The minimum Gasteiger partial charge on any atom is -0.484 e. The van der Waals surface area contributed by atoms with E-state index in [1.54, 1.807) is 29.8 Å². The molecule has 1 atom stereocenters. The lowest BCUT2D eigenvalue weighted by Crippen LogP contribution is -2.23. The number of aromatic nitrogens is 2. The van der Waals surface area contributed by atoms with Crippen molar-refractivity contribution in [3.8, 4) is 5.75 Å². The SMILES string of the molecule is Cc1ccc(OCC(=O)Nc2cc(C)nn2C2CCS(=O)(=O)C2)cc1. The number of nitrogens with zero attached hydrogens (tertiary/aromatic N) is 2. The number of nitrogens with one attached hydrogen (secondary N) is 1. The molecule has 3 rings (SSSR count). The highest BCUT2D eigenvalue weighted by Gasteiger charge is 2.31. The average molecular weight is 363 g/mol. The van der Waals surface area contributed by atoms with Gasteiger partial charge >= 0.3 is 0 Å². The third-order valence-electron chi connectivity index (χ3n) is 4.07. The van der Waals surface area contributed by atoms with Gasteiger partial charge in [-0.1, -0.05) is 17.7 Å². The monoisotopic (exact) mass is 363 g/mol. The Hall–Kier alpha value is -2.35. The van der Waals surface area contributed by atoms with Gasteiger partial charge in [0.15, 0.2) is 16.4 Å². The number of anilines is 1. The van der Waals surface area contributed by atoms with Gasteiger partial charge in [-0.25, -0.2) is 13.1 Å². The van der Waals surface area contributed by atoms with E-state index in [0.29, 0.717) is 18.0 Å². The molecule has 8 heteroatoms. The summed E-state index contributed by atoms with van der Waals surface area (Å²) in [7, 11) is -3.03. The van der Waals surface area contributed by atoms with Crippen molar-refractivity contribution in [1.29, 1.82) is 0 Å². The second-order valence-corrected chi connectivity index (χ2v) is 8.55. The first-order chi connectivity index (χ1) is 11.8. The third kappa shape index (κ3) is 4.39. The fourth-order valence-corrected chi connectivity index (χ4v) is 4.51. The van der Waals surface area contributed by atoms with Crippen LogP contribution in [0.2, 0.25) is 0 Å². The van der Waals surface area contributed by atoms with Crippen LogP contribution in [0.25, 0.3) is 0 Å². The molecule has 0 radical (unpaired) electrons. The lowest BCUT2D eigenvalue weighted by molar-refractivity contribution is -0.118. The number of carbonyl (C=O) groups is 1. The Morgan fingerprint density at radius 2 is 2.04 bits per heavy atom. The minimum absolute atomic E-state index is 0.0524. The molecular formula is C17H21N3O4S. The smallest absolute Gasteiger partial charge is 0.263 e. The Balaban J connectivity index is 1.64. The molecule has 1 aliphatic heterocycles. The Bertz CT molecular complexity index is 872. The van der Waals surface area contributed by atoms with Gasteiger partial charge in [-0.05, 0) is 32.4 Å². The summed E-state index contributed by atoms with van der Waals surface area (Å²) in [6.07, 6.45) is 0.506. The fourth-order valence-electron chi connectivity index (χ4n) is 2.82. The van der Waals surface area contributed by atoms with Gasteiger partial charge in [0.1, 0.15) is 11.6 Å². The number of amides is 1. The molecule has 2 heterocycles. The molecular weight excluding hydrogens is 342 g/mol. The highest BCUT2D eigenvalue weighted by Crippen LogP contribution is 2.27. The van der Waals surface area contributed by atoms with Crippen LogP contribution in [0.15, 0.2) is 30.3 Å². The molecule has 1 amide bonds. The van der Waals surface area contributed by atoms with Crippen LogP contribution in [-0.2, 0) is 14.6 Å². The van der Waals surface area contributed by atoms with Crippen molar-refractivity contribution < 1.29 is 17.9 Å². The summed E-state index contributed by atoms with van der Waals surface area (Å²) >= 11 is 0. The Morgan fingerprint density at radius 3 is 2.68 bits per heavy atom. The number of hydrogen-bond donors (Lipinski definition) is 1. The van der Waals surface area contributed by atoms with Crippen LogP contribution < -0.4 is 10.1 Å². The van der Waals surface area contributed by atoms with Crippen LogP contribution in [-0.4, -0.2) is 42.2 Å². The predicted molar refractivity (Wildman–Crippen MR) is 94.6 cm³/mol. The standard InChI is InChI=1S/C17H21N3O4S/c1-12-3-5-15(6-4-12)24-10-17(21)18-16-9-13(2)19-20(16)14-7-8-25(22,23)11-14/h3-6,9,14H,7-8,10-11H2,1-2H3,(H,18,21). The fraction of sp³-hybridized carbons (Fsp3) is 0.412. The summed E-state index contributed by atoms with van der Waals surface area (Å²) in [5.41, 5.74) is 1.83. The highest BCUT2D eigenvalue weighted by atomic mass is 32.2. The zero-order valence-electron chi connectivity index (χ0n) is 14.2. The van der Waals surface area contributed by atoms with E-state index in [-0.39, 0.29) is 30.1 Å². The van der Waals surface area contributed by atoms with Gasteiger partial charge in [-0.15, -0.1) is 0 Å². The topological polar surface area (TPSA) is 90.3 Å². The Morgan fingerprint density at radius 1 is 1.32 bits per heavy atom. The minimum atomic E-state index is -3.03. The second-order valence-electron chi connectivity index (χ2n) is 6.32. The number of ether oxygens (including phenoxy) is 1. The number of rotatable bonds is 5. The average Bonchev–Trinajstić information content (AvgIpc) is 3.08.